The molecule has 0 aromatic carbocycles. The molecule has 9 heteroatoms. The molecule has 1 aliphatic heterocycles. The first-order valence-corrected chi connectivity index (χ1v) is 10.2. The molecule has 1 aliphatic carbocycles. The van der Waals surface area contributed by atoms with Crippen LogP contribution in [0.4, 0.5) is 5.82 Å². The predicted molar refractivity (Wildman–Crippen MR) is 96.5 cm³/mol. The van der Waals surface area contributed by atoms with Gasteiger partial charge in [-0.1, -0.05) is 6.92 Å². The van der Waals surface area contributed by atoms with E-state index < -0.39 is 10.2 Å². The summed E-state index contributed by atoms with van der Waals surface area (Å²) in [5.41, 5.74) is 0.816. The number of aromatic nitrogens is 3. The molecule has 3 heterocycles. The van der Waals surface area contributed by atoms with E-state index in [2.05, 4.69) is 31.5 Å². The van der Waals surface area contributed by atoms with E-state index in [-0.39, 0.29) is 12.1 Å². The minimum absolute atomic E-state index is 0.00286. The van der Waals surface area contributed by atoms with Crippen LogP contribution in [-0.2, 0) is 10.2 Å². The number of nitrogens with zero attached hydrogens (tertiary/aromatic N) is 4. The molecule has 4 rings (SSSR count). The van der Waals surface area contributed by atoms with E-state index in [1.807, 2.05) is 19.3 Å². The van der Waals surface area contributed by atoms with Crippen molar-refractivity contribution in [3.8, 4) is 0 Å². The lowest BCUT2D eigenvalue weighted by molar-refractivity contribution is 0.308. The van der Waals surface area contributed by atoms with Gasteiger partial charge in [0.1, 0.15) is 17.8 Å². The third-order valence-electron chi connectivity index (χ3n) is 5.37. The summed E-state index contributed by atoms with van der Waals surface area (Å²) in [5, 5.41) is 0.986. The van der Waals surface area contributed by atoms with Crippen LogP contribution in [0.15, 0.2) is 18.6 Å². The minimum atomic E-state index is -3.36. The van der Waals surface area contributed by atoms with Gasteiger partial charge >= 0.3 is 0 Å². The highest BCUT2D eigenvalue weighted by Crippen LogP contribution is 2.31. The average molecular weight is 364 g/mol. The van der Waals surface area contributed by atoms with E-state index in [1.165, 1.54) is 0 Å². The summed E-state index contributed by atoms with van der Waals surface area (Å²) in [4.78, 5) is 13.8. The Bertz CT molecular complexity index is 860. The van der Waals surface area contributed by atoms with E-state index in [9.17, 15) is 8.42 Å². The van der Waals surface area contributed by atoms with Gasteiger partial charge in [-0.2, -0.15) is 17.4 Å². The van der Waals surface area contributed by atoms with Crippen molar-refractivity contribution in [1.82, 2.24) is 24.0 Å². The van der Waals surface area contributed by atoms with Crippen molar-refractivity contribution < 1.29 is 8.42 Å². The number of rotatable bonds is 5. The standard InChI is InChI=1S/C16H24N6O2S/c1-11-4-6-22(9-11)25(23,24)20-12-7-13(8-12)21(2)16-14-3-5-17-15(14)18-10-19-16/h3,5,10-13,20H,4,6-9H2,1-2H3,(H,17,18,19)/t11-,12?,13?/m0/s1. The van der Waals surface area contributed by atoms with E-state index in [4.69, 9.17) is 0 Å². The Labute approximate surface area is 147 Å². The zero-order valence-corrected chi connectivity index (χ0v) is 15.3. The molecule has 0 radical (unpaired) electrons. The van der Waals surface area contributed by atoms with Crippen LogP contribution in [-0.4, -0.2) is 59.9 Å². The molecular weight excluding hydrogens is 340 g/mol. The minimum Gasteiger partial charge on any atom is -0.356 e. The number of hydrogen-bond donors (Lipinski definition) is 2. The second-order valence-electron chi connectivity index (χ2n) is 7.25. The van der Waals surface area contributed by atoms with Gasteiger partial charge in [-0.05, 0) is 31.2 Å². The zero-order chi connectivity index (χ0) is 17.6. The lowest BCUT2D eigenvalue weighted by Gasteiger charge is -2.42. The summed E-state index contributed by atoms with van der Waals surface area (Å²) in [6.45, 7) is 3.34. The normalized spacial score (nSPS) is 27.5. The molecule has 0 unspecified atom stereocenters. The van der Waals surface area contributed by atoms with Crippen LogP contribution < -0.4 is 9.62 Å². The van der Waals surface area contributed by atoms with Crippen molar-refractivity contribution in [2.75, 3.05) is 25.0 Å². The Morgan fingerprint density at radius 3 is 2.88 bits per heavy atom. The molecule has 0 spiro atoms. The second-order valence-corrected chi connectivity index (χ2v) is 8.95. The van der Waals surface area contributed by atoms with Crippen molar-refractivity contribution in [3.05, 3.63) is 18.6 Å². The molecule has 0 bridgehead atoms. The molecule has 136 valence electrons. The molecule has 1 saturated heterocycles. The van der Waals surface area contributed by atoms with Crippen molar-refractivity contribution in [1.29, 1.82) is 0 Å². The Hall–Kier alpha value is -1.71. The molecular formula is C16H24N6O2S. The van der Waals surface area contributed by atoms with E-state index >= 15 is 0 Å². The number of hydrogen-bond acceptors (Lipinski definition) is 5. The number of nitrogens with one attached hydrogen (secondary N) is 2. The van der Waals surface area contributed by atoms with Gasteiger partial charge in [0.2, 0.25) is 0 Å². The van der Waals surface area contributed by atoms with Crippen LogP contribution in [0.2, 0.25) is 0 Å². The Morgan fingerprint density at radius 1 is 1.36 bits per heavy atom. The third-order valence-corrected chi connectivity index (χ3v) is 7.01. The summed E-state index contributed by atoms with van der Waals surface area (Å²) in [5.74, 6) is 1.32. The van der Waals surface area contributed by atoms with E-state index in [0.717, 1.165) is 36.1 Å². The average Bonchev–Trinajstić information content (AvgIpc) is 3.18. The highest BCUT2D eigenvalue weighted by Gasteiger charge is 2.38. The molecule has 2 aliphatic rings. The fraction of sp³-hybridized carbons (Fsp3) is 0.625. The summed E-state index contributed by atoms with van der Waals surface area (Å²) < 4.78 is 29.3. The third kappa shape index (κ3) is 3.11. The maximum Gasteiger partial charge on any atom is 0.279 e. The van der Waals surface area contributed by atoms with Crippen molar-refractivity contribution in [2.24, 2.45) is 5.92 Å². The van der Waals surface area contributed by atoms with Gasteiger partial charge in [-0.3, -0.25) is 0 Å². The van der Waals surface area contributed by atoms with Gasteiger partial charge in [-0.25, -0.2) is 9.97 Å². The zero-order valence-electron chi connectivity index (χ0n) is 14.5. The fourth-order valence-electron chi connectivity index (χ4n) is 3.71. The summed E-state index contributed by atoms with van der Waals surface area (Å²) in [6.07, 6.45) is 5.92. The SMILES string of the molecule is C[C@H]1CCN(S(=O)(=O)NC2CC(N(C)c3ncnc4[nH]ccc34)C2)C1. The van der Waals surface area contributed by atoms with Gasteiger partial charge < -0.3 is 9.88 Å². The Kier molecular flexibility index (Phi) is 4.17. The largest absolute Gasteiger partial charge is 0.356 e. The van der Waals surface area contributed by atoms with Crippen LogP contribution in [0, 0.1) is 5.92 Å². The summed E-state index contributed by atoms with van der Waals surface area (Å²) >= 11 is 0. The first-order valence-electron chi connectivity index (χ1n) is 8.72. The van der Waals surface area contributed by atoms with Crippen LogP contribution in [0.25, 0.3) is 11.0 Å². The molecule has 25 heavy (non-hydrogen) atoms. The van der Waals surface area contributed by atoms with E-state index in [1.54, 1.807) is 10.6 Å². The Morgan fingerprint density at radius 2 is 2.16 bits per heavy atom. The first-order chi connectivity index (χ1) is 11.9. The van der Waals surface area contributed by atoms with Gasteiger partial charge in [-0.15, -0.1) is 0 Å². The number of aromatic amines is 1. The molecule has 1 saturated carbocycles. The topological polar surface area (TPSA) is 94.2 Å². The van der Waals surface area contributed by atoms with Crippen LogP contribution in [0.1, 0.15) is 26.2 Å². The second kappa shape index (κ2) is 6.22. The fourth-order valence-corrected chi connectivity index (χ4v) is 5.27. The van der Waals surface area contributed by atoms with Crippen molar-refractivity contribution >= 4 is 27.1 Å². The smallest absolute Gasteiger partial charge is 0.279 e. The first kappa shape index (κ1) is 16.7. The van der Waals surface area contributed by atoms with Crippen LogP contribution >= 0.6 is 0 Å². The highest BCUT2D eigenvalue weighted by atomic mass is 32.2. The monoisotopic (exact) mass is 364 g/mol. The quantitative estimate of drug-likeness (QED) is 0.829. The lowest BCUT2D eigenvalue weighted by atomic mass is 9.86. The molecule has 0 amide bonds. The van der Waals surface area contributed by atoms with Gasteiger partial charge in [0.15, 0.2) is 0 Å². The molecule has 2 fully saturated rings. The molecule has 8 nitrogen and oxygen atoms in total. The molecule has 2 aromatic heterocycles. The van der Waals surface area contributed by atoms with Crippen LogP contribution in [0.3, 0.4) is 0 Å². The molecule has 2 N–H and O–H groups in total. The van der Waals surface area contributed by atoms with Crippen molar-refractivity contribution in [3.63, 3.8) is 0 Å². The Balaban J connectivity index is 1.38. The summed E-state index contributed by atoms with van der Waals surface area (Å²) in [6, 6.07) is 2.24. The highest BCUT2D eigenvalue weighted by molar-refractivity contribution is 7.87. The number of anilines is 1. The van der Waals surface area contributed by atoms with E-state index in [0.29, 0.717) is 19.0 Å². The predicted octanol–water partition coefficient (Wildman–Crippen LogP) is 1.10. The maximum absolute atomic E-state index is 12.4. The number of fused-ring (bicyclic) bond motifs is 1. The van der Waals surface area contributed by atoms with Gasteiger partial charge in [0.05, 0.1) is 5.39 Å². The maximum atomic E-state index is 12.4. The van der Waals surface area contributed by atoms with Crippen LogP contribution in [0.5, 0.6) is 0 Å². The molecule has 2 aromatic rings. The summed E-state index contributed by atoms with van der Waals surface area (Å²) in [7, 11) is -1.35. The van der Waals surface area contributed by atoms with Gasteiger partial charge in [0, 0.05) is 38.4 Å². The lowest BCUT2D eigenvalue weighted by Crippen LogP contribution is -2.55. The van der Waals surface area contributed by atoms with Gasteiger partial charge in [0.25, 0.3) is 10.2 Å². The number of H-pyrrole nitrogens is 1. The molecule has 1 atom stereocenters. The van der Waals surface area contributed by atoms with Crippen molar-refractivity contribution in [2.45, 2.75) is 38.3 Å².